The van der Waals surface area contributed by atoms with Gasteiger partial charge >= 0.3 is 5.97 Å². The minimum atomic E-state index is -0.132. The normalized spacial score (nSPS) is 13.7. The van der Waals surface area contributed by atoms with Crippen molar-refractivity contribution in [2.24, 2.45) is 0 Å². The first-order chi connectivity index (χ1) is 8.70. The van der Waals surface area contributed by atoms with Gasteiger partial charge in [0.25, 0.3) is 0 Å². The molecule has 0 saturated carbocycles. The van der Waals surface area contributed by atoms with Gasteiger partial charge < -0.3 is 10.1 Å². The van der Waals surface area contributed by atoms with E-state index >= 15 is 0 Å². The maximum atomic E-state index is 11.4. The van der Waals surface area contributed by atoms with Crippen LogP contribution >= 0.6 is 0 Å². The molecule has 0 spiro atoms. The fourth-order valence-corrected chi connectivity index (χ4v) is 2.25. The number of esters is 1. The van der Waals surface area contributed by atoms with Crippen LogP contribution in [-0.4, -0.2) is 24.1 Å². The molecule has 4 heteroatoms. The summed E-state index contributed by atoms with van der Waals surface area (Å²) in [4.78, 5) is 15.9. The number of hydrogen-bond donors (Lipinski definition) is 1. The molecule has 1 aliphatic rings. The fraction of sp³-hybridized carbons (Fsp3) is 0.571. The van der Waals surface area contributed by atoms with Crippen molar-refractivity contribution in [1.29, 1.82) is 0 Å². The van der Waals surface area contributed by atoms with Gasteiger partial charge in [-0.1, -0.05) is 6.07 Å². The average molecular weight is 248 g/mol. The molecule has 0 unspecified atom stereocenters. The van der Waals surface area contributed by atoms with Gasteiger partial charge in [0, 0.05) is 18.7 Å². The Hall–Kier alpha value is -1.58. The summed E-state index contributed by atoms with van der Waals surface area (Å²) in [6.45, 7) is 5.28. The maximum Gasteiger partial charge on any atom is 0.306 e. The fourth-order valence-electron chi connectivity index (χ4n) is 2.25. The second-order valence-corrected chi connectivity index (χ2v) is 4.58. The molecule has 1 N–H and O–H groups in total. The van der Waals surface area contributed by atoms with Crippen LogP contribution in [-0.2, 0) is 22.4 Å². The Morgan fingerprint density at radius 2 is 2.39 bits per heavy atom. The number of carbonyl (C=O) groups is 1. The molecule has 2 rings (SSSR count). The number of ether oxygens (including phenoxy) is 1. The van der Waals surface area contributed by atoms with E-state index in [1.807, 2.05) is 13.8 Å². The van der Waals surface area contributed by atoms with Crippen LogP contribution in [0.15, 0.2) is 6.07 Å². The van der Waals surface area contributed by atoms with E-state index in [4.69, 9.17) is 4.74 Å². The smallest absolute Gasteiger partial charge is 0.306 e. The van der Waals surface area contributed by atoms with Gasteiger partial charge in [-0.15, -0.1) is 0 Å². The van der Waals surface area contributed by atoms with Crippen molar-refractivity contribution in [3.05, 3.63) is 22.9 Å². The van der Waals surface area contributed by atoms with Crippen molar-refractivity contribution >= 4 is 11.8 Å². The lowest BCUT2D eigenvalue weighted by molar-refractivity contribution is -0.143. The number of nitrogens with one attached hydrogen (secondary N) is 1. The number of anilines is 1. The average Bonchev–Trinajstić information content (AvgIpc) is 2.36. The third kappa shape index (κ3) is 3.00. The molecule has 0 aliphatic carbocycles. The molecule has 0 saturated heterocycles. The van der Waals surface area contributed by atoms with Crippen LogP contribution in [0.4, 0.5) is 5.82 Å². The minimum absolute atomic E-state index is 0.132. The van der Waals surface area contributed by atoms with Crippen LogP contribution in [0.3, 0.4) is 0 Å². The summed E-state index contributed by atoms with van der Waals surface area (Å²) in [5.74, 6) is 0.881. The first kappa shape index (κ1) is 12.9. The van der Waals surface area contributed by atoms with Crippen LogP contribution in [0.5, 0.6) is 0 Å². The highest BCUT2D eigenvalue weighted by molar-refractivity contribution is 5.69. The van der Waals surface area contributed by atoms with E-state index in [9.17, 15) is 4.79 Å². The molecule has 1 aliphatic heterocycles. The number of nitrogens with zero attached hydrogens (tertiary/aromatic N) is 1. The monoisotopic (exact) mass is 248 g/mol. The highest BCUT2D eigenvalue weighted by Crippen LogP contribution is 2.23. The van der Waals surface area contributed by atoms with E-state index in [1.165, 1.54) is 5.56 Å². The third-order valence-corrected chi connectivity index (χ3v) is 3.22. The van der Waals surface area contributed by atoms with Gasteiger partial charge in [-0.25, -0.2) is 4.98 Å². The lowest BCUT2D eigenvalue weighted by atomic mass is 10.0. The molecule has 0 radical (unpaired) electrons. The van der Waals surface area contributed by atoms with Gasteiger partial charge in [0.05, 0.1) is 6.61 Å². The van der Waals surface area contributed by atoms with Gasteiger partial charge in [-0.2, -0.15) is 0 Å². The number of hydrogen-bond acceptors (Lipinski definition) is 4. The van der Waals surface area contributed by atoms with Gasteiger partial charge in [0.15, 0.2) is 0 Å². The van der Waals surface area contributed by atoms with Crippen molar-refractivity contribution in [3.63, 3.8) is 0 Å². The molecule has 4 nitrogen and oxygen atoms in total. The van der Waals surface area contributed by atoms with E-state index in [1.54, 1.807) is 0 Å². The minimum Gasteiger partial charge on any atom is -0.466 e. The second kappa shape index (κ2) is 5.85. The standard InChI is InChI=1S/C14H20N2O2/c1-3-18-13(17)7-6-11-9-12-5-4-8-15-14(12)16-10(11)2/h9H,3-8H2,1-2H3,(H,15,16). The highest BCUT2D eigenvalue weighted by atomic mass is 16.5. The first-order valence-electron chi connectivity index (χ1n) is 6.59. The lowest BCUT2D eigenvalue weighted by Gasteiger charge is -2.19. The van der Waals surface area contributed by atoms with Crippen LogP contribution in [0, 0.1) is 6.92 Å². The van der Waals surface area contributed by atoms with Crippen molar-refractivity contribution in [3.8, 4) is 0 Å². The Bertz CT molecular complexity index is 444. The molecular formula is C14H20N2O2. The predicted molar refractivity (Wildman–Crippen MR) is 70.7 cm³/mol. The van der Waals surface area contributed by atoms with Gasteiger partial charge in [0.2, 0.25) is 0 Å². The topological polar surface area (TPSA) is 51.2 Å². The number of rotatable bonds is 4. The van der Waals surface area contributed by atoms with Crippen molar-refractivity contribution < 1.29 is 9.53 Å². The lowest BCUT2D eigenvalue weighted by Crippen LogP contribution is -2.15. The molecule has 0 bridgehead atoms. The summed E-state index contributed by atoms with van der Waals surface area (Å²) in [5, 5.41) is 3.31. The first-order valence-corrected chi connectivity index (χ1v) is 6.59. The van der Waals surface area contributed by atoms with Crippen molar-refractivity contribution in [2.75, 3.05) is 18.5 Å². The van der Waals surface area contributed by atoms with Crippen LogP contribution in [0.2, 0.25) is 0 Å². The Labute approximate surface area is 108 Å². The summed E-state index contributed by atoms with van der Waals surface area (Å²) in [6.07, 6.45) is 3.37. The molecular weight excluding hydrogens is 228 g/mol. The Morgan fingerprint density at radius 1 is 1.56 bits per heavy atom. The molecule has 0 atom stereocenters. The predicted octanol–water partition coefficient (Wildman–Crippen LogP) is 2.24. The molecule has 98 valence electrons. The summed E-state index contributed by atoms with van der Waals surface area (Å²) < 4.78 is 4.94. The molecule has 0 aromatic carbocycles. The molecule has 0 amide bonds. The van der Waals surface area contributed by atoms with E-state index in [-0.39, 0.29) is 5.97 Å². The number of aromatic nitrogens is 1. The number of fused-ring (bicyclic) bond motifs is 1. The third-order valence-electron chi connectivity index (χ3n) is 3.22. The maximum absolute atomic E-state index is 11.4. The quantitative estimate of drug-likeness (QED) is 0.830. The summed E-state index contributed by atoms with van der Waals surface area (Å²) in [7, 11) is 0. The van der Waals surface area contributed by atoms with Crippen molar-refractivity contribution in [2.45, 2.75) is 39.5 Å². The van der Waals surface area contributed by atoms with Gasteiger partial charge in [-0.05, 0) is 44.2 Å². The van der Waals surface area contributed by atoms with E-state index < -0.39 is 0 Å². The molecule has 18 heavy (non-hydrogen) atoms. The highest BCUT2D eigenvalue weighted by Gasteiger charge is 2.13. The van der Waals surface area contributed by atoms with Crippen molar-refractivity contribution in [1.82, 2.24) is 4.98 Å². The van der Waals surface area contributed by atoms with Gasteiger partial charge in [0.1, 0.15) is 5.82 Å². The summed E-state index contributed by atoms with van der Waals surface area (Å²) >= 11 is 0. The summed E-state index contributed by atoms with van der Waals surface area (Å²) in [5.41, 5.74) is 3.43. The summed E-state index contributed by atoms with van der Waals surface area (Å²) in [6, 6.07) is 2.18. The Balaban J connectivity index is 2.06. The van der Waals surface area contributed by atoms with Crippen LogP contribution < -0.4 is 5.32 Å². The molecule has 1 aromatic heterocycles. The molecule has 2 heterocycles. The largest absolute Gasteiger partial charge is 0.466 e. The zero-order valence-corrected chi connectivity index (χ0v) is 11.1. The number of aryl methyl sites for hydroxylation is 3. The Kier molecular flexibility index (Phi) is 4.18. The Morgan fingerprint density at radius 3 is 3.17 bits per heavy atom. The van der Waals surface area contributed by atoms with Gasteiger partial charge in [-0.3, -0.25) is 4.79 Å². The molecule has 1 aromatic rings. The SMILES string of the molecule is CCOC(=O)CCc1cc2c(nc1C)NCCC2. The van der Waals surface area contributed by atoms with E-state index in [2.05, 4.69) is 16.4 Å². The number of pyridine rings is 1. The second-order valence-electron chi connectivity index (χ2n) is 4.58. The zero-order chi connectivity index (χ0) is 13.0. The number of carbonyl (C=O) groups excluding carboxylic acids is 1. The van der Waals surface area contributed by atoms with Crippen LogP contribution in [0.1, 0.15) is 36.6 Å². The molecule has 0 fully saturated rings. The van der Waals surface area contributed by atoms with Crippen LogP contribution in [0.25, 0.3) is 0 Å². The zero-order valence-electron chi connectivity index (χ0n) is 11.1. The van der Waals surface area contributed by atoms with E-state index in [0.29, 0.717) is 19.4 Å². The van der Waals surface area contributed by atoms with E-state index in [0.717, 1.165) is 36.5 Å².